The van der Waals surface area contributed by atoms with Crippen molar-refractivity contribution in [3.05, 3.63) is 52.3 Å². The standard InChI is InChI=1S/C12H11Cl2N3/c13-10-8-11(14)17-12(16-10)15-7-6-9-4-2-1-3-5-9/h1-5,8H,6-7H2,(H,15,16,17). The van der Waals surface area contributed by atoms with Crippen LogP contribution in [0.15, 0.2) is 36.4 Å². The first kappa shape index (κ1) is 12.1. The highest BCUT2D eigenvalue weighted by Gasteiger charge is 2.00. The van der Waals surface area contributed by atoms with E-state index >= 15 is 0 Å². The molecule has 88 valence electrons. The number of aromatic nitrogens is 2. The molecule has 2 rings (SSSR count). The van der Waals surface area contributed by atoms with Crippen LogP contribution in [0.3, 0.4) is 0 Å². The summed E-state index contributed by atoms with van der Waals surface area (Å²) in [6.45, 7) is 0.737. The smallest absolute Gasteiger partial charge is 0.225 e. The van der Waals surface area contributed by atoms with Crippen LogP contribution in [0.2, 0.25) is 10.3 Å². The van der Waals surface area contributed by atoms with Gasteiger partial charge in [0, 0.05) is 12.6 Å². The van der Waals surface area contributed by atoms with Gasteiger partial charge in [0.15, 0.2) is 0 Å². The quantitative estimate of drug-likeness (QED) is 0.863. The van der Waals surface area contributed by atoms with E-state index < -0.39 is 0 Å². The van der Waals surface area contributed by atoms with Gasteiger partial charge in [0.2, 0.25) is 5.95 Å². The molecule has 2 aromatic rings. The Balaban J connectivity index is 1.90. The van der Waals surface area contributed by atoms with Crippen molar-refractivity contribution in [2.24, 2.45) is 0 Å². The molecule has 1 heterocycles. The lowest BCUT2D eigenvalue weighted by molar-refractivity contribution is 0.984. The van der Waals surface area contributed by atoms with Gasteiger partial charge in [-0.15, -0.1) is 0 Å². The van der Waals surface area contributed by atoms with Crippen LogP contribution in [0.1, 0.15) is 5.56 Å². The van der Waals surface area contributed by atoms with Crippen LogP contribution < -0.4 is 5.32 Å². The Morgan fingerprint density at radius 3 is 2.29 bits per heavy atom. The third kappa shape index (κ3) is 3.88. The molecule has 3 nitrogen and oxygen atoms in total. The molecule has 0 unspecified atom stereocenters. The third-order valence-electron chi connectivity index (χ3n) is 2.20. The number of halogens is 2. The molecule has 0 saturated heterocycles. The summed E-state index contributed by atoms with van der Waals surface area (Å²) in [5.74, 6) is 0.457. The maximum Gasteiger partial charge on any atom is 0.225 e. The summed E-state index contributed by atoms with van der Waals surface area (Å²) >= 11 is 11.5. The number of nitrogens with one attached hydrogen (secondary N) is 1. The Labute approximate surface area is 110 Å². The van der Waals surface area contributed by atoms with Crippen molar-refractivity contribution in [1.82, 2.24) is 9.97 Å². The van der Waals surface area contributed by atoms with E-state index in [-0.39, 0.29) is 0 Å². The summed E-state index contributed by atoms with van der Waals surface area (Å²) in [5.41, 5.74) is 1.26. The van der Waals surface area contributed by atoms with E-state index in [1.54, 1.807) is 0 Å². The summed E-state index contributed by atoms with van der Waals surface area (Å²) in [5, 5.41) is 3.76. The fourth-order valence-corrected chi connectivity index (χ4v) is 1.86. The Bertz CT molecular complexity index is 468. The van der Waals surface area contributed by atoms with E-state index in [9.17, 15) is 0 Å². The van der Waals surface area contributed by atoms with Crippen LogP contribution in [0.5, 0.6) is 0 Å². The number of benzene rings is 1. The summed E-state index contributed by atoms with van der Waals surface area (Å²) in [4.78, 5) is 8.05. The van der Waals surface area contributed by atoms with E-state index in [0.29, 0.717) is 16.3 Å². The van der Waals surface area contributed by atoms with Gasteiger partial charge in [0.05, 0.1) is 0 Å². The molecule has 1 aromatic carbocycles. The topological polar surface area (TPSA) is 37.8 Å². The SMILES string of the molecule is Clc1cc(Cl)nc(NCCc2ccccc2)n1. The van der Waals surface area contributed by atoms with Gasteiger partial charge >= 0.3 is 0 Å². The van der Waals surface area contributed by atoms with E-state index in [2.05, 4.69) is 27.4 Å². The lowest BCUT2D eigenvalue weighted by Crippen LogP contribution is -2.08. The minimum absolute atomic E-state index is 0.340. The van der Waals surface area contributed by atoms with Crippen LogP contribution in [0, 0.1) is 0 Å². The molecule has 0 fully saturated rings. The Morgan fingerprint density at radius 1 is 1.00 bits per heavy atom. The molecule has 0 aliphatic carbocycles. The monoisotopic (exact) mass is 267 g/mol. The number of rotatable bonds is 4. The van der Waals surface area contributed by atoms with E-state index in [0.717, 1.165) is 13.0 Å². The minimum atomic E-state index is 0.340. The molecule has 5 heteroatoms. The van der Waals surface area contributed by atoms with E-state index in [4.69, 9.17) is 23.2 Å². The van der Waals surface area contributed by atoms with Crippen molar-refractivity contribution >= 4 is 29.2 Å². The van der Waals surface area contributed by atoms with Crippen molar-refractivity contribution in [3.8, 4) is 0 Å². The predicted molar refractivity (Wildman–Crippen MR) is 70.7 cm³/mol. The average Bonchev–Trinajstić information content (AvgIpc) is 2.29. The van der Waals surface area contributed by atoms with Gasteiger partial charge < -0.3 is 5.32 Å². The van der Waals surface area contributed by atoms with Gasteiger partial charge in [-0.2, -0.15) is 0 Å². The van der Waals surface area contributed by atoms with Crippen molar-refractivity contribution < 1.29 is 0 Å². The number of nitrogens with zero attached hydrogens (tertiary/aromatic N) is 2. The summed E-state index contributed by atoms with van der Waals surface area (Å²) in [7, 11) is 0. The van der Waals surface area contributed by atoms with E-state index in [1.165, 1.54) is 11.6 Å². The molecular formula is C12H11Cl2N3. The van der Waals surface area contributed by atoms with Crippen LogP contribution in [-0.4, -0.2) is 16.5 Å². The molecule has 0 radical (unpaired) electrons. The number of hydrogen-bond acceptors (Lipinski definition) is 3. The summed E-state index contributed by atoms with van der Waals surface area (Å²) in [6.07, 6.45) is 0.897. The molecule has 17 heavy (non-hydrogen) atoms. The van der Waals surface area contributed by atoms with Crippen molar-refractivity contribution in [2.75, 3.05) is 11.9 Å². The van der Waals surface area contributed by atoms with Gasteiger partial charge in [-0.25, -0.2) is 9.97 Å². The third-order valence-corrected chi connectivity index (χ3v) is 2.59. The molecule has 0 atom stereocenters. The van der Waals surface area contributed by atoms with Crippen molar-refractivity contribution in [1.29, 1.82) is 0 Å². The van der Waals surface area contributed by atoms with Crippen LogP contribution in [-0.2, 0) is 6.42 Å². The molecule has 1 aromatic heterocycles. The maximum atomic E-state index is 5.77. The van der Waals surface area contributed by atoms with Crippen LogP contribution >= 0.6 is 23.2 Å². The van der Waals surface area contributed by atoms with Crippen molar-refractivity contribution in [3.63, 3.8) is 0 Å². The Kier molecular flexibility index (Phi) is 4.18. The molecule has 0 saturated carbocycles. The van der Waals surface area contributed by atoms with Gasteiger partial charge in [-0.1, -0.05) is 53.5 Å². The highest BCUT2D eigenvalue weighted by Crippen LogP contribution is 2.14. The first-order valence-electron chi connectivity index (χ1n) is 5.22. The van der Waals surface area contributed by atoms with Crippen molar-refractivity contribution in [2.45, 2.75) is 6.42 Å². The second kappa shape index (κ2) is 5.84. The molecule has 0 amide bonds. The zero-order valence-corrected chi connectivity index (χ0v) is 10.5. The second-order valence-corrected chi connectivity index (χ2v) is 4.27. The van der Waals surface area contributed by atoms with Crippen LogP contribution in [0.25, 0.3) is 0 Å². The highest BCUT2D eigenvalue weighted by atomic mass is 35.5. The second-order valence-electron chi connectivity index (χ2n) is 3.50. The maximum absolute atomic E-state index is 5.77. The molecule has 0 aliphatic rings. The Hall–Kier alpha value is -1.32. The van der Waals surface area contributed by atoms with Gasteiger partial charge in [0.25, 0.3) is 0 Å². The fourth-order valence-electron chi connectivity index (χ4n) is 1.43. The minimum Gasteiger partial charge on any atom is -0.354 e. The molecule has 1 N–H and O–H groups in total. The highest BCUT2D eigenvalue weighted by molar-refractivity contribution is 6.33. The fraction of sp³-hybridized carbons (Fsp3) is 0.167. The summed E-state index contributed by atoms with van der Waals surface area (Å²) in [6, 6.07) is 11.7. The number of anilines is 1. The van der Waals surface area contributed by atoms with Gasteiger partial charge in [0.1, 0.15) is 10.3 Å². The first-order valence-corrected chi connectivity index (χ1v) is 5.97. The van der Waals surface area contributed by atoms with Gasteiger partial charge in [-0.3, -0.25) is 0 Å². The van der Waals surface area contributed by atoms with E-state index in [1.807, 2.05) is 18.2 Å². The normalized spacial score (nSPS) is 10.2. The largest absolute Gasteiger partial charge is 0.354 e. The average molecular weight is 268 g/mol. The lowest BCUT2D eigenvalue weighted by Gasteiger charge is -2.05. The summed E-state index contributed by atoms with van der Waals surface area (Å²) < 4.78 is 0. The lowest BCUT2D eigenvalue weighted by atomic mass is 10.1. The predicted octanol–water partition coefficient (Wildman–Crippen LogP) is 3.44. The molecule has 0 bridgehead atoms. The first-order chi connectivity index (χ1) is 8.24. The molecule has 0 spiro atoms. The molecule has 0 aliphatic heterocycles. The molecular weight excluding hydrogens is 257 g/mol. The zero-order chi connectivity index (χ0) is 12.1. The zero-order valence-electron chi connectivity index (χ0n) is 9.03. The van der Waals surface area contributed by atoms with Gasteiger partial charge in [-0.05, 0) is 12.0 Å². The Morgan fingerprint density at radius 2 is 1.65 bits per heavy atom. The number of hydrogen-bond donors (Lipinski definition) is 1. The van der Waals surface area contributed by atoms with Crippen LogP contribution in [0.4, 0.5) is 5.95 Å².